The highest BCUT2D eigenvalue weighted by Crippen LogP contribution is 2.35. The number of hydrogen-bond acceptors (Lipinski definition) is 6. The summed E-state index contributed by atoms with van der Waals surface area (Å²) in [5, 5.41) is 6.76. The molecule has 1 saturated heterocycles. The fourth-order valence-corrected chi connectivity index (χ4v) is 7.47. The Hall–Kier alpha value is -5.80. The van der Waals surface area contributed by atoms with Crippen molar-refractivity contribution in [2.24, 2.45) is 14.1 Å². The number of amides is 1. The molecule has 9 nitrogen and oxygen atoms in total. The minimum absolute atomic E-state index is 0.160. The lowest BCUT2D eigenvalue weighted by Crippen LogP contribution is -2.41. The molecule has 0 bridgehead atoms. The maximum atomic E-state index is 11.6. The molecule has 0 radical (unpaired) electrons. The number of nitrogens with zero attached hydrogens (tertiary/aromatic N) is 7. The molecule has 0 saturated carbocycles. The van der Waals surface area contributed by atoms with Crippen molar-refractivity contribution in [1.82, 2.24) is 34.0 Å². The first-order valence-electron chi connectivity index (χ1n) is 17.1. The van der Waals surface area contributed by atoms with Gasteiger partial charge in [0, 0.05) is 109 Å². The van der Waals surface area contributed by atoms with E-state index in [9.17, 15) is 4.79 Å². The first-order chi connectivity index (χ1) is 24.8. The molecule has 1 aliphatic rings. The zero-order chi connectivity index (χ0) is 35.1. The third-order valence-corrected chi connectivity index (χ3v) is 10.1. The monoisotopic (exact) mass is 692 g/mol. The lowest BCUT2D eigenvalue weighted by Gasteiger charge is -2.32. The lowest BCUT2D eigenvalue weighted by atomic mass is 10.0. The van der Waals surface area contributed by atoms with Crippen LogP contribution >= 0.6 is 11.6 Å². The van der Waals surface area contributed by atoms with Gasteiger partial charge in [-0.2, -0.15) is 0 Å². The predicted molar refractivity (Wildman–Crippen MR) is 207 cm³/mol. The lowest BCUT2D eigenvalue weighted by molar-refractivity contribution is -0.129. The van der Waals surface area contributed by atoms with Gasteiger partial charge in [0.15, 0.2) is 0 Å². The SMILES string of the molecule is CC(=O)N1CCC(Nc2cc(-c3cc4ccccc4n3C)c3nccnc3c2)CC1.Cn1c(-c2cc(Cl)cc3nccnc23)cc2ccccc21. The number of likely N-dealkylation sites (tertiary alicyclic amines) is 1. The molecule has 1 fully saturated rings. The van der Waals surface area contributed by atoms with E-state index in [2.05, 4.69) is 109 Å². The number of piperidine rings is 1. The second kappa shape index (κ2) is 13.5. The van der Waals surface area contributed by atoms with Crippen LogP contribution in [-0.4, -0.2) is 59.0 Å². The summed E-state index contributed by atoms with van der Waals surface area (Å²) in [5.41, 5.74) is 11.2. The highest BCUT2D eigenvalue weighted by molar-refractivity contribution is 6.31. The Balaban J connectivity index is 0.000000156. The molecule has 5 heterocycles. The molecule has 4 aromatic heterocycles. The van der Waals surface area contributed by atoms with E-state index in [1.165, 1.54) is 21.8 Å². The molecule has 1 aliphatic heterocycles. The van der Waals surface area contributed by atoms with Gasteiger partial charge in [-0.3, -0.25) is 24.7 Å². The molecule has 0 spiro atoms. The van der Waals surface area contributed by atoms with Gasteiger partial charge in [-0.25, -0.2) is 0 Å². The van der Waals surface area contributed by atoms with E-state index < -0.39 is 0 Å². The molecule has 0 unspecified atom stereocenters. The summed E-state index contributed by atoms with van der Waals surface area (Å²) in [6, 6.07) is 29.5. The average Bonchev–Trinajstić information content (AvgIpc) is 3.67. The highest BCUT2D eigenvalue weighted by Gasteiger charge is 2.22. The van der Waals surface area contributed by atoms with Crippen LogP contribution in [0.25, 0.3) is 66.4 Å². The molecule has 254 valence electrons. The Bertz CT molecular complexity index is 2570. The second-order valence-corrected chi connectivity index (χ2v) is 13.5. The Labute approximate surface area is 300 Å². The number of fused-ring (bicyclic) bond motifs is 4. The van der Waals surface area contributed by atoms with E-state index in [1.807, 2.05) is 29.2 Å². The van der Waals surface area contributed by atoms with Crippen LogP contribution in [0.15, 0.2) is 110 Å². The molecule has 8 aromatic rings. The standard InChI is InChI=1S/C24H25N5O.C17H12ClN3/c1-16(30)29-11-7-18(8-12-29)27-19-14-20(24-21(15-19)25-9-10-26-24)23-13-17-5-3-4-6-22(17)28(23)2;1-21-15-5-3-2-4-11(15)8-16(21)13-9-12(18)10-14-17(13)20-7-6-19-14/h3-6,9-10,13-15,18,27H,7-8,11-12H2,1-2H3;2-10H,1H3. The van der Waals surface area contributed by atoms with Crippen LogP contribution < -0.4 is 5.32 Å². The van der Waals surface area contributed by atoms with Crippen LogP contribution in [-0.2, 0) is 18.9 Å². The number of benzene rings is 4. The van der Waals surface area contributed by atoms with Gasteiger partial charge in [0.2, 0.25) is 5.91 Å². The van der Waals surface area contributed by atoms with Crippen LogP contribution in [0.5, 0.6) is 0 Å². The largest absolute Gasteiger partial charge is 0.382 e. The van der Waals surface area contributed by atoms with E-state index >= 15 is 0 Å². The number of nitrogens with one attached hydrogen (secondary N) is 1. The number of carbonyl (C=O) groups is 1. The number of hydrogen-bond donors (Lipinski definition) is 1. The summed E-state index contributed by atoms with van der Waals surface area (Å²) in [6.07, 6.45) is 8.77. The Kier molecular flexibility index (Phi) is 8.57. The second-order valence-electron chi connectivity index (χ2n) is 13.0. The van der Waals surface area contributed by atoms with Crippen molar-refractivity contribution in [1.29, 1.82) is 0 Å². The smallest absolute Gasteiger partial charge is 0.219 e. The Morgan fingerprint density at radius 2 is 1.20 bits per heavy atom. The van der Waals surface area contributed by atoms with Gasteiger partial charge in [0.05, 0.1) is 33.5 Å². The quantitative estimate of drug-likeness (QED) is 0.198. The van der Waals surface area contributed by atoms with Gasteiger partial charge < -0.3 is 19.4 Å². The molecule has 4 aromatic carbocycles. The first kappa shape index (κ1) is 32.4. The van der Waals surface area contributed by atoms with Gasteiger partial charge in [-0.1, -0.05) is 48.0 Å². The van der Waals surface area contributed by atoms with E-state index in [0.29, 0.717) is 11.1 Å². The minimum atomic E-state index is 0.160. The third kappa shape index (κ3) is 6.25. The fraction of sp³-hybridized carbons (Fsp3) is 0.195. The summed E-state index contributed by atoms with van der Waals surface area (Å²) >= 11 is 6.25. The van der Waals surface area contributed by atoms with Crippen LogP contribution in [0.1, 0.15) is 19.8 Å². The summed E-state index contributed by atoms with van der Waals surface area (Å²) in [7, 11) is 4.15. The van der Waals surface area contributed by atoms with Crippen LogP contribution in [0.3, 0.4) is 0 Å². The average molecular weight is 693 g/mol. The van der Waals surface area contributed by atoms with E-state index in [4.69, 9.17) is 11.6 Å². The number of halogens is 1. The summed E-state index contributed by atoms with van der Waals surface area (Å²) in [5.74, 6) is 0.160. The van der Waals surface area contributed by atoms with Crippen molar-refractivity contribution in [2.45, 2.75) is 25.8 Å². The molecular formula is C41H37ClN8O. The van der Waals surface area contributed by atoms with Crippen molar-refractivity contribution in [3.63, 3.8) is 0 Å². The summed E-state index contributed by atoms with van der Waals surface area (Å²) < 4.78 is 4.38. The molecule has 0 aliphatic carbocycles. The maximum absolute atomic E-state index is 11.6. The van der Waals surface area contributed by atoms with Gasteiger partial charge in [0.1, 0.15) is 0 Å². The number of rotatable bonds is 4. The van der Waals surface area contributed by atoms with Crippen LogP contribution in [0.4, 0.5) is 5.69 Å². The number of carbonyl (C=O) groups excluding carboxylic acids is 1. The topological polar surface area (TPSA) is 93.8 Å². The normalized spacial score (nSPS) is 13.5. The Morgan fingerprint density at radius 1 is 0.686 bits per heavy atom. The van der Waals surface area contributed by atoms with Gasteiger partial charge >= 0.3 is 0 Å². The number of aryl methyl sites for hydroxylation is 2. The molecule has 51 heavy (non-hydrogen) atoms. The van der Waals surface area contributed by atoms with Gasteiger partial charge in [-0.15, -0.1) is 0 Å². The zero-order valence-electron chi connectivity index (χ0n) is 28.7. The van der Waals surface area contributed by atoms with Crippen LogP contribution in [0, 0.1) is 0 Å². The summed E-state index contributed by atoms with van der Waals surface area (Å²) in [4.78, 5) is 31.6. The van der Waals surface area contributed by atoms with E-state index in [-0.39, 0.29) is 5.91 Å². The first-order valence-corrected chi connectivity index (χ1v) is 17.5. The third-order valence-electron chi connectivity index (χ3n) is 9.88. The predicted octanol–water partition coefficient (Wildman–Crippen LogP) is 8.65. The van der Waals surface area contributed by atoms with E-state index in [1.54, 1.807) is 31.7 Å². The molecular weight excluding hydrogens is 656 g/mol. The van der Waals surface area contributed by atoms with E-state index in [0.717, 1.165) is 76.2 Å². The van der Waals surface area contributed by atoms with Crippen molar-refractivity contribution in [3.05, 3.63) is 115 Å². The highest BCUT2D eigenvalue weighted by atomic mass is 35.5. The molecule has 1 N–H and O–H groups in total. The van der Waals surface area contributed by atoms with Crippen molar-refractivity contribution in [3.8, 4) is 22.5 Å². The van der Waals surface area contributed by atoms with Crippen molar-refractivity contribution < 1.29 is 4.79 Å². The van der Waals surface area contributed by atoms with Crippen molar-refractivity contribution in [2.75, 3.05) is 18.4 Å². The van der Waals surface area contributed by atoms with Crippen LogP contribution in [0.2, 0.25) is 5.02 Å². The van der Waals surface area contributed by atoms with Gasteiger partial charge in [-0.05, 0) is 61.4 Å². The molecule has 1 amide bonds. The Morgan fingerprint density at radius 3 is 1.75 bits per heavy atom. The molecule has 0 atom stereocenters. The number of para-hydroxylation sites is 2. The number of anilines is 1. The number of aromatic nitrogens is 6. The minimum Gasteiger partial charge on any atom is -0.382 e. The zero-order valence-corrected chi connectivity index (χ0v) is 29.5. The fourth-order valence-electron chi connectivity index (χ4n) is 7.26. The van der Waals surface area contributed by atoms with Crippen molar-refractivity contribution >= 4 is 67.1 Å². The summed E-state index contributed by atoms with van der Waals surface area (Å²) in [6.45, 7) is 3.25. The molecule has 10 heteroatoms. The maximum Gasteiger partial charge on any atom is 0.219 e. The van der Waals surface area contributed by atoms with Gasteiger partial charge in [0.25, 0.3) is 0 Å². The molecule has 9 rings (SSSR count).